The number of hydrogen-bond donors (Lipinski definition) is 2. The zero-order valence-corrected chi connectivity index (χ0v) is 14.2. The summed E-state index contributed by atoms with van der Waals surface area (Å²) in [5.41, 5.74) is 1.54. The molecule has 1 heterocycles. The molecular weight excluding hydrogens is 310 g/mol. The second kappa shape index (κ2) is 6.34. The summed E-state index contributed by atoms with van der Waals surface area (Å²) in [5.74, 6) is 0.0830. The van der Waals surface area contributed by atoms with E-state index in [1.165, 1.54) is 6.07 Å². The van der Waals surface area contributed by atoms with E-state index in [4.69, 9.17) is 0 Å². The van der Waals surface area contributed by atoms with Crippen molar-refractivity contribution in [2.45, 2.75) is 51.6 Å². The maximum Gasteiger partial charge on any atom is 0.225 e. The van der Waals surface area contributed by atoms with Gasteiger partial charge >= 0.3 is 0 Å². The number of nitrogens with zero attached hydrogens (tertiary/aromatic N) is 2. The van der Waals surface area contributed by atoms with E-state index in [2.05, 4.69) is 41.4 Å². The van der Waals surface area contributed by atoms with Crippen LogP contribution in [0.2, 0.25) is 0 Å². The van der Waals surface area contributed by atoms with Crippen molar-refractivity contribution in [3.05, 3.63) is 47.2 Å². The number of hydrogen-bond acceptors (Lipinski definition) is 4. The monoisotopic (exact) mass is 332 g/mol. The standard InChI is InChI=1S/C18H22F2N4/c1-18(2,3)24-17-22-15(12-5-6-12)9-16(23-17)21-10-11-4-7-13(19)14(20)8-11/h4,7-9,12H,5-6,10H2,1-3H3,(H2,21,22,23,24). The van der Waals surface area contributed by atoms with Gasteiger partial charge in [-0.25, -0.2) is 13.8 Å². The molecule has 1 aliphatic carbocycles. The number of rotatable bonds is 5. The molecule has 2 N–H and O–H groups in total. The number of aromatic nitrogens is 2. The SMILES string of the molecule is CC(C)(C)Nc1nc(NCc2ccc(F)c(F)c2)cc(C2CC2)n1. The topological polar surface area (TPSA) is 49.8 Å². The third kappa shape index (κ3) is 4.40. The van der Waals surface area contributed by atoms with Crippen LogP contribution in [-0.4, -0.2) is 15.5 Å². The molecule has 6 heteroatoms. The highest BCUT2D eigenvalue weighted by Crippen LogP contribution is 2.40. The lowest BCUT2D eigenvalue weighted by Crippen LogP contribution is -2.27. The van der Waals surface area contributed by atoms with Crippen molar-refractivity contribution in [2.24, 2.45) is 0 Å². The van der Waals surface area contributed by atoms with Gasteiger partial charge in [-0.05, 0) is 51.3 Å². The van der Waals surface area contributed by atoms with Gasteiger partial charge in [-0.15, -0.1) is 0 Å². The van der Waals surface area contributed by atoms with Crippen LogP contribution in [0.3, 0.4) is 0 Å². The van der Waals surface area contributed by atoms with Crippen LogP contribution in [0.4, 0.5) is 20.5 Å². The minimum absolute atomic E-state index is 0.139. The molecule has 0 atom stereocenters. The molecule has 24 heavy (non-hydrogen) atoms. The molecule has 0 saturated heterocycles. The van der Waals surface area contributed by atoms with Gasteiger partial charge in [-0.2, -0.15) is 4.98 Å². The molecule has 2 aromatic rings. The first-order chi connectivity index (χ1) is 11.3. The average Bonchev–Trinajstić information content (AvgIpc) is 3.31. The second-order valence-electron chi connectivity index (χ2n) is 7.25. The fourth-order valence-corrected chi connectivity index (χ4v) is 2.38. The number of anilines is 2. The highest BCUT2D eigenvalue weighted by Gasteiger charge is 2.26. The molecule has 1 aliphatic rings. The molecule has 3 rings (SSSR count). The molecule has 1 aromatic heterocycles. The normalized spacial score (nSPS) is 14.5. The lowest BCUT2D eigenvalue weighted by Gasteiger charge is -2.21. The van der Waals surface area contributed by atoms with E-state index < -0.39 is 11.6 Å². The molecule has 0 amide bonds. The lowest BCUT2D eigenvalue weighted by atomic mass is 10.1. The van der Waals surface area contributed by atoms with Crippen LogP contribution >= 0.6 is 0 Å². The van der Waals surface area contributed by atoms with Crippen molar-refractivity contribution in [3.63, 3.8) is 0 Å². The van der Waals surface area contributed by atoms with Gasteiger partial charge in [0.2, 0.25) is 5.95 Å². The van der Waals surface area contributed by atoms with Gasteiger partial charge in [0.1, 0.15) is 5.82 Å². The number of benzene rings is 1. The van der Waals surface area contributed by atoms with Gasteiger partial charge in [0, 0.05) is 24.1 Å². The third-order valence-corrected chi connectivity index (χ3v) is 3.69. The predicted octanol–water partition coefficient (Wildman–Crippen LogP) is 4.45. The van der Waals surface area contributed by atoms with Crippen LogP contribution in [0.15, 0.2) is 24.3 Å². The Morgan fingerprint density at radius 1 is 1.08 bits per heavy atom. The Kier molecular flexibility index (Phi) is 4.39. The summed E-state index contributed by atoms with van der Waals surface area (Å²) in [4.78, 5) is 9.07. The summed E-state index contributed by atoms with van der Waals surface area (Å²) in [7, 11) is 0. The minimum Gasteiger partial charge on any atom is -0.366 e. The van der Waals surface area contributed by atoms with Gasteiger partial charge in [0.05, 0.1) is 5.69 Å². The maximum atomic E-state index is 13.3. The quantitative estimate of drug-likeness (QED) is 0.849. The Balaban J connectivity index is 1.77. The van der Waals surface area contributed by atoms with Crippen molar-refractivity contribution in [1.29, 1.82) is 0 Å². The number of nitrogens with one attached hydrogen (secondary N) is 2. The zero-order valence-electron chi connectivity index (χ0n) is 14.2. The molecule has 0 bridgehead atoms. The van der Waals surface area contributed by atoms with Crippen molar-refractivity contribution < 1.29 is 8.78 Å². The molecule has 1 aromatic carbocycles. The van der Waals surface area contributed by atoms with Gasteiger partial charge in [-0.1, -0.05) is 6.07 Å². The van der Waals surface area contributed by atoms with Crippen LogP contribution < -0.4 is 10.6 Å². The molecule has 1 saturated carbocycles. The van der Waals surface area contributed by atoms with Crippen molar-refractivity contribution in [1.82, 2.24) is 9.97 Å². The van der Waals surface area contributed by atoms with Crippen molar-refractivity contribution in [3.8, 4) is 0 Å². The Bertz CT molecular complexity index is 736. The summed E-state index contributed by atoms with van der Waals surface area (Å²) in [6.07, 6.45) is 2.29. The first-order valence-corrected chi connectivity index (χ1v) is 8.15. The molecule has 0 radical (unpaired) electrons. The van der Waals surface area contributed by atoms with E-state index in [1.807, 2.05) is 6.07 Å². The Morgan fingerprint density at radius 2 is 1.83 bits per heavy atom. The molecular formula is C18H22F2N4. The predicted molar refractivity (Wildman–Crippen MR) is 91.1 cm³/mol. The fourth-order valence-electron chi connectivity index (χ4n) is 2.38. The average molecular weight is 332 g/mol. The van der Waals surface area contributed by atoms with Crippen LogP contribution in [0.25, 0.3) is 0 Å². The summed E-state index contributed by atoms with van der Waals surface area (Å²) >= 11 is 0. The van der Waals surface area contributed by atoms with E-state index >= 15 is 0 Å². The molecule has 0 spiro atoms. The molecule has 128 valence electrons. The lowest BCUT2D eigenvalue weighted by molar-refractivity contribution is 0.507. The Morgan fingerprint density at radius 3 is 2.46 bits per heavy atom. The van der Waals surface area contributed by atoms with Crippen LogP contribution in [0, 0.1) is 11.6 Å². The highest BCUT2D eigenvalue weighted by molar-refractivity contribution is 5.45. The van der Waals surface area contributed by atoms with E-state index in [0.717, 1.165) is 24.6 Å². The van der Waals surface area contributed by atoms with Gasteiger partial charge in [-0.3, -0.25) is 0 Å². The first kappa shape index (κ1) is 16.6. The third-order valence-electron chi connectivity index (χ3n) is 3.69. The van der Waals surface area contributed by atoms with Gasteiger partial charge in [0.15, 0.2) is 11.6 Å². The minimum atomic E-state index is -0.842. The summed E-state index contributed by atoms with van der Waals surface area (Å²) in [6, 6.07) is 5.82. The van der Waals surface area contributed by atoms with Crippen LogP contribution in [0.5, 0.6) is 0 Å². The van der Waals surface area contributed by atoms with E-state index in [1.54, 1.807) is 6.07 Å². The molecule has 1 fully saturated rings. The van der Waals surface area contributed by atoms with Crippen molar-refractivity contribution >= 4 is 11.8 Å². The van der Waals surface area contributed by atoms with E-state index in [9.17, 15) is 8.78 Å². The second-order valence-corrected chi connectivity index (χ2v) is 7.25. The van der Waals surface area contributed by atoms with Gasteiger partial charge in [0.25, 0.3) is 0 Å². The smallest absolute Gasteiger partial charge is 0.225 e. The first-order valence-electron chi connectivity index (χ1n) is 8.15. The maximum absolute atomic E-state index is 13.3. The fraction of sp³-hybridized carbons (Fsp3) is 0.444. The highest BCUT2D eigenvalue weighted by atomic mass is 19.2. The van der Waals surface area contributed by atoms with Gasteiger partial charge < -0.3 is 10.6 Å². The largest absolute Gasteiger partial charge is 0.366 e. The Labute approximate surface area is 140 Å². The molecule has 0 unspecified atom stereocenters. The summed E-state index contributed by atoms with van der Waals surface area (Å²) < 4.78 is 26.3. The number of halogens is 2. The van der Waals surface area contributed by atoms with Crippen LogP contribution in [0.1, 0.15) is 50.8 Å². The molecule has 4 nitrogen and oxygen atoms in total. The summed E-state index contributed by atoms with van der Waals surface area (Å²) in [6.45, 7) is 6.52. The van der Waals surface area contributed by atoms with E-state index in [-0.39, 0.29) is 5.54 Å². The summed E-state index contributed by atoms with van der Waals surface area (Å²) in [5, 5.41) is 6.46. The Hall–Kier alpha value is -2.24. The van der Waals surface area contributed by atoms with Crippen molar-refractivity contribution in [2.75, 3.05) is 10.6 Å². The molecule has 0 aliphatic heterocycles. The van der Waals surface area contributed by atoms with E-state index in [0.29, 0.717) is 29.8 Å². The zero-order chi connectivity index (χ0) is 17.3. The van der Waals surface area contributed by atoms with Crippen LogP contribution in [-0.2, 0) is 6.54 Å².